The van der Waals surface area contributed by atoms with Crippen LogP contribution in [-0.4, -0.2) is 56.9 Å². The molecule has 12 aromatic rings. The number of hydrogen-bond donors (Lipinski definition) is 0. The Hall–Kier alpha value is -13.0. The first-order valence-electron chi connectivity index (χ1n) is 34.7. The van der Waals surface area contributed by atoms with Gasteiger partial charge in [-0.2, -0.15) is 0 Å². The van der Waals surface area contributed by atoms with Crippen molar-refractivity contribution in [1.82, 2.24) is 0 Å². The lowest BCUT2D eigenvalue weighted by Crippen LogP contribution is -2.37. The van der Waals surface area contributed by atoms with Gasteiger partial charge in [-0.15, -0.1) is 0 Å². The first-order chi connectivity index (χ1) is 51.6. The zero-order valence-corrected chi connectivity index (χ0v) is 60.4. The molecule has 520 valence electrons. The van der Waals surface area contributed by atoms with Gasteiger partial charge in [-0.1, -0.05) is 291 Å². The first kappa shape index (κ1) is 71.8. The zero-order chi connectivity index (χ0) is 72.7. The minimum absolute atomic E-state index is 0.653. The van der Waals surface area contributed by atoms with Crippen LogP contribution in [0.5, 0.6) is 46.0 Å². The van der Waals surface area contributed by atoms with Crippen LogP contribution in [0.2, 0.25) is 0 Å². The summed E-state index contributed by atoms with van der Waals surface area (Å²) < 4.78 is 47.8. The molecule has 0 unspecified atom stereocenters. The van der Waals surface area contributed by atoms with Gasteiger partial charge in [0.2, 0.25) is 0 Å². The van der Waals surface area contributed by atoms with Gasteiger partial charge in [-0.3, -0.25) is 0 Å². The van der Waals surface area contributed by atoms with Crippen molar-refractivity contribution in [2.75, 3.05) is 56.9 Å². The molecule has 0 aliphatic rings. The summed E-state index contributed by atoms with van der Waals surface area (Å²) >= 11 is 0. The Morgan fingerprint density at radius 3 is 0.467 bits per heavy atom. The van der Waals surface area contributed by atoms with Crippen molar-refractivity contribution in [2.45, 2.75) is 5.41 Å². The lowest BCUT2D eigenvalue weighted by Gasteiger charge is -2.44. The Kier molecular flexibility index (Phi) is 23.9. The molecule has 0 fully saturated rings. The molecule has 0 aliphatic heterocycles. The van der Waals surface area contributed by atoms with Crippen LogP contribution in [0, 0.1) is 0 Å². The Morgan fingerprint density at radius 1 is 0.162 bits per heavy atom. The summed E-state index contributed by atoms with van der Waals surface area (Å²) in [5, 5.41) is 0. The van der Waals surface area contributed by atoms with Gasteiger partial charge in [0.25, 0.3) is 0 Å². The second-order valence-electron chi connectivity index (χ2n) is 24.9. The number of benzene rings is 12. The van der Waals surface area contributed by atoms with Crippen molar-refractivity contribution in [3.8, 4) is 46.0 Å². The van der Waals surface area contributed by atoms with Crippen LogP contribution in [0.1, 0.15) is 111 Å². The van der Waals surface area contributed by atoms with Gasteiger partial charge in [0.1, 0.15) is 46.0 Å². The Bertz CT molecular complexity index is 4470. The topological polar surface area (TPSA) is 73.8 Å². The molecule has 0 aromatic heterocycles. The lowest BCUT2D eigenvalue weighted by molar-refractivity contribution is 0.394. The van der Waals surface area contributed by atoms with E-state index in [4.69, 9.17) is 37.9 Å². The molecule has 0 amide bonds. The predicted molar refractivity (Wildman–Crippen MR) is 440 cm³/mol. The molecular weight excluding hydrogens is 1290 g/mol. The van der Waals surface area contributed by atoms with E-state index >= 15 is 0 Å². The van der Waals surface area contributed by atoms with Gasteiger partial charge in [-0.05, 0) is 160 Å². The van der Waals surface area contributed by atoms with Crippen LogP contribution in [0.15, 0.2) is 267 Å². The van der Waals surface area contributed by atoms with Gasteiger partial charge in [-0.25, -0.2) is 0 Å². The number of ether oxygens (including phenoxy) is 8. The van der Waals surface area contributed by atoms with E-state index in [1.807, 2.05) is 72.8 Å². The van der Waals surface area contributed by atoms with Crippen LogP contribution in [0.4, 0.5) is 0 Å². The molecule has 0 spiro atoms. The Morgan fingerprint density at radius 2 is 0.314 bits per heavy atom. The highest BCUT2D eigenvalue weighted by molar-refractivity contribution is 5.94. The summed E-state index contributed by atoms with van der Waals surface area (Å²) in [6.45, 7) is 0. The van der Waals surface area contributed by atoms with Crippen LogP contribution >= 0.6 is 0 Å². The SMILES string of the molecule is COc1cc(C=Cc2cccc(C=Cc3ccccc3)c2C(c2c(C=Cc3ccccc3)cccc2C=Cc2cc(OC)cc(OC)c2)(c2c(C=Cc3ccccc3)cccc2C=Cc2cc(OC)cc(OC)c2)c2c(C=Cc3ccccc3)cccc2C=Cc2cc(OC)cc(OC)c2)cc(OC)c1. The number of methoxy groups -OCH3 is 8. The van der Waals surface area contributed by atoms with E-state index in [-0.39, 0.29) is 0 Å². The van der Waals surface area contributed by atoms with Crippen molar-refractivity contribution in [2.24, 2.45) is 0 Å². The minimum atomic E-state index is -1.49. The molecule has 0 bridgehead atoms. The molecule has 0 radical (unpaired) electrons. The van der Waals surface area contributed by atoms with Crippen LogP contribution < -0.4 is 37.9 Å². The summed E-state index contributed by atoms with van der Waals surface area (Å²) in [5.74, 6) is 5.23. The molecule has 0 saturated heterocycles. The predicted octanol–water partition coefficient (Wildman–Crippen LogP) is 23.5. The summed E-state index contributed by atoms with van der Waals surface area (Å²) in [6.07, 6.45) is 35.7. The molecule has 105 heavy (non-hydrogen) atoms. The van der Waals surface area contributed by atoms with E-state index in [9.17, 15) is 0 Å². The van der Waals surface area contributed by atoms with E-state index in [2.05, 4.69) is 291 Å². The molecule has 0 heterocycles. The maximum Gasteiger partial charge on any atom is 0.123 e. The standard InChI is InChI=1S/C97H84O8/c1-98-85-57-73(58-86(65-85)99-2)45-53-81-37-21-33-77(49-41-69-25-13-9-14-26-69)93(81)97(94-78(50-42-70-27-15-10-16-28-70)34-22-38-82(94)54-46-74-59-87(100-3)66-88(60-74)101-4,95-79(51-43-71-29-17-11-18-30-71)35-23-39-83(95)55-47-75-61-89(102-5)67-90(62-75)103-6)96-80(52-44-72-31-19-12-20-32-72)36-24-40-84(96)56-48-76-63-91(104-7)68-92(64-76)105-8/h9-68H,1-8H3. The third-order valence-electron chi connectivity index (χ3n) is 18.4. The summed E-state index contributed by atoms with van der Waals surface area (Å²) in [4.78, 5) is 0. The maximum absolute atomic E-state index is 5.98. The molecule has 12 aromatic carbocycles. The van der Waals surface area contributed by atoms with E-state index in [0.29, 0.717) is 46.0 Å². The summed E-state index contributed by atoms with van der Waals surface area (Å²) in [5.41, 5.74) is 17.2. The maximum atomic E-state index is 5.98. The second kappa shape index (κ2) is 35.0. The van der Waals surface area contributed by atoms with Crippen molar-refractivity contribution in [1.29, 1.82) is 0 Å². The third-order valence-corrected chi connectivity index (χ3v) is 18.4. The Balaban J connectivity index is 1.40. The summed E-state index contributed by atoms with van der Waals surface area (Å²) in [6, 6.07) is 92.5. The van der Waals surface area contributed by atoms with Gasteiger partial charge in [0, 0.05) is 24.3 Å². The average Bonchev–Trinajstić information content (AvgIpc) is 0.691. The van der Waals surface area contributed by atoms with Crippen LogP contribution in [0.3, 0.4) is 0 Å². The quantitative estimate of drug-likeness (QED) is 0.0355. The van der Waals surface area contributed by atoms with E-state index < -0.39 is 5.41 Å². The van der Waals surface area contributed by atoms with Crippen LogP contribution in [-0.2, 0) is 5.41 Å². The fraction of sp³-hybridized carbons (Fsp3) is 0.0928. The van der Waals surface area contributed by atoms with Gasteiger partial charge in [0.15, 0.2) is 0 Å². The van der Waals surface area contributed by atoms with Crippen molar-refractivity contribution in [3.63, 3.8) is 0 Å². The molecule has 12 rings (SSSR count). The van der Waals surface area contributed by atoms with Crippen LogP contribution in [0.25, 0.3) is 97.2 Å². The highest BCUT2D eigenvalue weighted by Gasteiger charge is 2.48. The van der Waals surface area contributed by atoms with Crippen molar-refractivity contribution < 1.29 is 37.9 Å². The molecule has 8 heteroatoms. The normalized spacial score (nSPS) is 12.3. The van der Waals surface area contributed by atoms with Gasteiger partial charge in [0.05, 0.1) is 62.3 Å². The molecule has 0 N–H and O–H groups in total. The fourth-order valence-electron chi connectivity index (χ4n) is 13.4. The lowest BCUT2D eigenvalue weighted by atomic mass is 9.57. The third kappa shape index (κ3) is 17.5. The monoisotopic (exact) mass is 1380 g/mol. The second-order valence-corrected chi connectivity index (χ2v) is 24.9. The highest BCUT2D eigenvalue weighted by atomic mass is 16.5. The summed E-state index contributed by atoms with van der Waals surface area (Å²) in [7, 11) is 13.4. The van der Waals surface area contributed by atoms with Crippen molar-refractivity contribution in [3.05, 3.63) is 378 Å². The zero-order valence-electron chi connectivity index (χ0n) is 60.4. The smallest absolute Gasteiger partial charge is 0.123 e. The number of hydrogen-bond acceptors (Lipinski definition) is 8. The van der Waals surface area contributed by atoms with Gasteiger partial charge >= 0.3 is 0 Å². The van der Waals surface area contributed by atoms with E-state index in [1.165, 1.54) is 0 Å². The largest absolute Gasteiger partial charge is 0.497 e. The van der Waals surface area contributed by atoms with Gasteiger partial charge < -0.3 is 37.9 Å². The molecular formula is C97H84O8. The molecule has 0 aliphatic carbocycles. The highest BCUT2D eigenvalue weighted by Crippen LogP contribution is 2.56. The molecule has 8 nitrogen and oxygen atoms in total. The Labute approximate surface area is 618 Å². The molecule has 0 atom stereocenters. The minimum Gasteiger partial charge on any atom is -0.497 e. The van der Waals surface area contributed by atoms with E-state index in [1.54, 1.807) is 56.9 Å². The first-order valence-corrected chi connectivity index (χ1v) is 34.7. The molecule has 0 saturated carbocycles. The average molecular weight is 1380 g/mol. The van der Waals surface area contributed by atoms with E-state index in [0.717, 1.165) is 111 Å². The fourth-order valence-corrected chi connectivity index (χ4v) is 13.4. The van der Waals surface area contributed by atoms with Crippen molar-refractivity contribution >= 4 is 97.2 Å². The number of rotatable bonds is 28.